The van der Waals surface area contributed by atoms with Crippen LogP contribution in [0.3, 0.4) is 0 Å². The summed E-state index contributed by atoms with van der Waals surface area (Å²) >= 11 is 0. The Kier molecular flexibility index (Phi) is 7.91. The van der Waals surface area contributed by atoms with Gasteiger partial charge in [0.05, 0.1) is 5.54 Å². The zero-order valence-electron chi connectivity index (χ0n) is 13.9. The van der Waals surface area contributed by atoms with Crippen LogP contribution in [0.25, 0.3) is 0 Å². The number of nitrogens with two attached hydrogens (primary N) is 1. The fraction of sp³-hybridized carbons (Fsp3) is 0.667. The van der Waals surface area contributed by atoms with E-state index >= 15 is 0 Å². The molecule has 0 aliphatic heterocycles. The molecule has 120 valence electrons. The highest BCUT2D eigenvalue weighted by molar-refractivity contribution is 5.26. The predicted octanol–water partition coefficient (Wildman–Crippen LogP) is 4.29. The Labute approximate surface area is 129 Å². The number of hydrogen-bond acceptors (Lipinski definition) is 2. The Morgan fingerprint density at radius 1 is 1.05 bits per heavy atom. The summed E-state index contributed by atoms with van der Waals surface area (Å²) in [5, 5.41) is 0. The predicted molar refractivity (Wildman–Crippen MR) is 88.8 cm³/mol. The zero-order valence-corrected chi connectivity index (χ0v) is 13.9. The average Bonchev–Trinajstić information content (AvgIpc) is 2.50. The van der Waals surface area contributed by atoms with E-state index in [1.807, 2.05) is 19.1 Å². The maximum atomic E-state index is 14.1. The van der Waals surface area contributed by atoms with Crippen molar-refractivity contribution in [2.45, 2.75) is 58.4 Å². The van der Waals surface area contributed by atoms with Crippen LogP contribution in [0, 0.1) is 5.82 Å². The van der Waals surface area contributed by atoms with Crippen LogP contribution in [0.15, 0.2) is 24.3 Å². The minimum absolute atomic E-state index is 0.187. The number of benzene rings is 1. The van der Waals surface area contributed by atoms with E-state index < -0.39 is 5.54 Å². The first kappa shape index (κ1) is 18.1. The van der Waals surface area contributed by atoms with Gasteiger partial charge in [-0.3, -0.25) is 0 Å². The average molecular weight is 294 g/mol. The molecule has 21 heavy (non-hydrogen) atoms. The summed E-state index contributed by atoms with van der Waals surface area (Å²) < 4.78 is 14.1. The number of unbranched alkanes of at least 4 members (excludes halogenated alkanes) is 2. The van der Waals surface area contributed by atoms with Crippen molar-refractivity contribution in [1.82, 2.24) is 4.90 Å². The largest absolute Gasteiger partial charge is 0.320 e. The summed E-state index contributed by atoms with van der Waals surface area (Å²) in [6.45, 7) is 9.26. The molecular formula is C18H31FN2. The fourth-order valence-corrected chi connectivity index (χ4v) is 2.68. The monoisotopic (exact) mass is 294 g/mol. The minimum atomic E-state index is -0.604. The van der Waals surface area contributed by atoms with Crippen LogP contribution >= 0.6 is 0 Å². The summed E-state index contributed by atoms with van der Waals surface area (Å²) in [6.07, 6.45) is 5.42. The van der Waals surface area contributed by atoms with Gasteiger partial charge in [-0.25, -0.2) is 4.39 Å². The molecule has 1 aromatic carbocycles. The van der Waals surface area contributed by atoms with Crippen LogP contribution < -0.4 is 5.73 Å². The van der Waals surface area contributed by atoms with Crippen LogP contribution in [-0.4, -0.2) is 24.5 Å². The lowest BCUT2D eigenvalue weighted by atomic mass is 9.87. The molecule has 2 nitrogen and oxygen atoms in total. The topological polar surface area (TPSA) is 29.3 Å². The highest BCUT2D eigenvalue weighted by Crippen LogP contribution is 2.26. The van der Waals surface area contributed by atoms with Gasteiger partial charge in [0, 0.05) is 12.1 Å². The normalized spacial score (nSPS) is 14.4. The first-order chi connectivity index (χ1) is 10.1. The van der Waals surface area contributed by atoms with Crippen molar-refractivity contribution >= 4 is 0 Å². The molecule has 0 spiro atoms. The highest BCUT2D eigenvalue weighted by Gasteiger charge is 2.30. The Hall–Kier alpha value is -0.930. The molecule has 3 heteroatoms. The van der Waals surface area contributed by atoms with E-state index in [0.717, 1.165) is 26.1 Å². The van der Waals surface area contributed by atoms with Gasteiger partial charge >= 0.3 is 0 Å². The van der Waals surface area contributed by atoms with Gasteiger partial charge in [0.2, 0.25) is 0 Å². The maximum Gasteiger partial charge on any atom is 0.128 e. The van der Waals surface area contributed by atoms with Gasteiger partial charge in [-0.1, -0.05) is 51.8 Å². The van der Waals surface area contributed by atoms with Crippen LogP contribution in [0.2, 0.25) is 0 Å². The van der Waals surface area contributed by atoms with E-state index in [2.05, 4.69) is 18.7 Å². The molecule has 0 aromatic heterocycles. The zero-order chi connectivity index (χ0) is 15.7. The molecule has 0 heterocycles. The van der Waals surface area contributed by atoms with Crippen LogP contribution in [0.1, 0.15) is 58.4 Å². The molecule has 1 aromatic rings. The van der Waals surface area contributed by atoms with E-state index in [4.69, 9.17) is 5.73 Å². The van der Waals surface area contributed by atoms with E-state index in [-0.39, 0.29) is 5.82 Å². The molecule has 2 N–H and O–H groups in total. The van der Waals surface area contributed by atoms with Crippen molar-refractivity contribution in [3.8, 4) is 0 Å². The van der Waals surface area contributed by atoms with Gasteiger partial charge in [0.1, 0.15) is 5.82 Å². The summed E-state index contributed by atoms with van der Waals surface area (Å²) in [7, 11) is 0. The SMILES string of the molecule is CCCCN(CCCC)CC(N)(CC)c1ccccc1F. The van der Waals surface area contributed by atoms with Crippen molar-refractivity contribution < 1.29 is 4.39 Å². The van der Waals surface area contributed by atoms with Gasteiger partial charge in [0.15, 0.2) is 0 Å². The number of halogens is 1. The lowest BCUT2D eigenvalue weighted by molar-refractivity contribution is 0.195. The molecule has 0 aliphatic rings. The Morgan fingerprint density at radius 3 is 2.10 bits per heavy atom. The lowest BCUT2D eigenvalue weighted by Gasteiger charge is -2.35. The second-order valence-corrected chi connectivity index (χ2v) is 5.97. The summed E-state index contributed by atoms with van der Waals surface area (Å²) in [4.78, 5) is 2.41. The second-order valence-electron chi connectivity index (χ2n) is 5.97. The number of hydrogen-bond donors (Lipinski definition) is 1. The molecule has 0 saturated heterocycles. The maximum absolute atomic E-state index is 14.1. The van der Waals surface area contributed by atoms with Gasteiger partial charge in [-0.15, -0.1) is 0 Å². The van der Waals surface area contributed by atoms with Gasteiger partial charge < -0.3 is 10.6 Å². The quantitative estimate of drug-likeness (QED) is 0.697. The fourth-order valence-electron chi connectivity index (χ4n) is 2.68. The lowest BCUT2D eigenvalue weighted by Crippen LogP contribution is -2.48. The summed E-state index contributed by atoms with van der Waals surface area (Å²) in [5.41, 5.74) is 6.62. The third kappa shape index (κ3) is 5.40. The molecule has 1 atom stereocenters. The van der Waals surface area contributed by atoms with Gasteiger partial charge in [-0.2, -0.15) is 0 Å². The molecule has 0 aliphatic carbocycles. The van der Waals surface area contributed by atoms with Crippen LogP contribution in [0.4, 0.5) is 4.39 Å². The van der Waals surface area contributed by atoms with E-state index in [0.29, 0.717) is 5.56 Å². The van der Waals surface area contributed by atoms with Crippen molar-refractivity contribution in [3.63, 3.8) is 0 Å². The summed E-state index contributed by atoms with van der Waals surface area (Å²) in [6, 6.07) is 6.94. The van der Waals surface area contributed by atoms with E-state index in [1.165, 1.54) is 31.7 Å². The van der Waals surface area contributed by atoms with Crippen LogP contribution in [0.5, 0.6) is 0 Å². The van der Waals surface area contributed by atoms with E-state index in [1.54, 1.807) is 6.07 Å². The minimum Gasteiger partial charge on any atom is -0.320 e. The first-order valence-electron chi connectivity index (χ1n) is 8.33. The molecule has 1 rings (SSSR count). The molecule has 0 radical (unpaired) electrons. The third-order valence-electron chi connectivity index (χ3n) is 4.20. The van der Waals surface area contributed by atoms with Gasteiger partial charge in [0.25, 0.3) is 0 Å². The molecule has 1 unspecified atom stereocenters. The van der Waals surface area contributed by atoms with Gasteiger partial charge in [-0.05, 0) is 38.4 Å². The highest BCUT2D eigenvalue weighted by atomic mass is 19.1. The Balaban J connectivity index is 2.87. The van der Waals surface area contributed by atoms with Crippen molar-refractivity contribution in [1.29, 1.82) is 0 Å². The molecule has 0 bridgehead atoms. The Morgan fingerprint density at radius 2 is 1.62 bits per heavy atom. The van der Waals surface area contributed by atoms with Crippen LogP contribution in [-0.2, 0) is 5.54 Å². The molecule has 0 fully saturated rings. The first-order valence-corrected chi connectivity index (χ1v) is 8.33. The number of rotatable bonds is 10. The van der Waals surface area contributed by atoms with Crippen molar-refractivity contribution in [3.05, 3.63) is 35.6 Å². The second kappa shape index (κ2) is 9.16. The van der Waals surface area contributed by atoms with Crippen molar-refractivity contribution in [2.24, 2.45) is 5.73 Å². The summed E-state index contributed by atoms with van der Waals surface area (Å²) in [5.74, 6) is -0.187. The smallest absolute Gasteiger partial charge is 0.128 e. The number of nitrogens with zero attached hydrogens (tertiary/aromatic N) is 1. The van der Waals surface area contributed by atoms with E-state index in [9.17, 15) is 4.39 Å². The molecule has 0 saturated carbocycles. The Bertz CT molecular complexity index is 400. The standard InChI is InChI=1S/C18H31FN2/c1-4-7-13-21(14-8-5-2)15-18(20,6-3)16-11-9-10-12-17(16)19/h9-12H,4-8,13-15,20H2,1-3H3. The molecule has 0 amide bonds. The third-order valence-corrected chi connectivity index (χ3v) is 4.20. The van der Waals surface area contributed by atoms with Crippen molar-refractivity contribution in [2.75, 3.05) is 19.6 Å². The molecular weight excluding hydrogens is 263 g/mol.